The Hall–Kier alpha value is -3.76. The number of ether oxygens (including phenoxy) is 3. The second-order valence-electron chi connectivity index (χ2n) is 12.6. The van der Waals surface area contributed by atoms with Gasteiger partial charge in [0.2, 0.25) is 5.88 Å². The molecule has 0 radical (unpaired) electrons. The molecule has 4 heterocycles. The minimum Gasteiger partial charge on any atom is -0.474 e. The van der Waals surface area contributed by atoms with E-state index in [1.54, 1.807) is 4.57 Å². The van der Waals surface area contributed by atoms with Crippen LogP contribution in [-0.4, -0.2) is 49.3 Å². The highest BCUT2D eigenvalue weighted by Gasteiger charge is 2.40. The fraction of sp³-hybridized carbons (Fsp3) is 0.529. The van der Waals surface area contributed by atoms with Crippen molar-refractivity contribution in [2.24, 2.45) is 5.41 Å². The fourth-order valence-electron chi connectivity index (χ4n) is 6.22. The largest absolute Gasteiger partial charge is 0.474 e. The lowest BCUT2D eigenvalue weighted by atomic mass is 9.69. The molecular weight excluding hydrogens is 558 g/mol. The lowest BCUT2D eigenvalue weighted by Crippen LogP contribution is -2.44. The van der Waals surface area contributed by atoms with Crippen LogP contribution in [0.3, 0.4) is 0 Å². The first-order valence-electron chi connectivity index (χ1n) is 15.9. The highest BCUT2D eigenvalue weighted by Crippen LogP contribution is 2.42. The number of hydrogen-bond donors (Lipinski definition) is 0. The van der Waals surface area contributed by atoms with Gasteiger partial charge in [-0.3, -0.25) is 13.9 Å². The van der Waals surface area contributed by atoms with Gasteiger partial charge in [-0.1, -0.05) is 44.2 Å². The minimum absolute atomic E-state index is 0.136. The standard InChI is InChI=1S/C34H43N5O5/c1-5-37-31-29(32(40)38(33(37)41)19-11-21-43-28-14-9-10-20-42-28)39(22-24-12-7-6-8-13-24)30(36-31)25-15-16-27(35-23(25)2)44-26-17-18-34(26,3)4/h6-8,12-13,15-16,26,28H,5,9-11,14,17-22H2,1-4H3. The van der Waals surface area contributed by atoms with Crippen LogP contribution in [0.15, 0.2) is 52.1 Å². The molecule has 10 nitrogen and oxygen atoms in total. The Morgan fingerprint density at radius 2 is 1.82 bits per heavy atom. The molecule has 1 aliphatic carbocycles. The van der Waals surface area contributed by atoms with E-state index >= 15 is 0 Å². The second-order valence-corrected chi connectivity index (χ2v) is 12.6. The summed E-state index contributed by atoms with van der Waals surface area (Å²) in [6.45, 7) is 10.4. The topological polar surface area (TPSA) is 102 Å². The van der Waals surface area contributed by atoms with Gasteiger partial charge in [0, 0.05) is 43.3 Å². The molecule has 2 unspecified atom stereocenters. The maximum atomic E-state index is 14.1. The Morgan fingerprint density at radius 1 is 1.00 bits per heavy atom. The van der Waals surface area contributed by atoms with Crippen molar-refractivity contribution < 1.29 is 14.2 Å². The lowest BCUT2D eigenvalue weighted by molar-refractivity contribution is -0.163. The molecule has 2 fully saturated rings. The molecule has 1 aromatic carbocycles. The average Bonchev–Trinajstić information content (AvgIpc) is 3.38. The molecule has 2 atom stereocenters. The van der Waals surface area contributed by atoms with Gasteiger partial charge in [-0.05, 0) is 64.0 Å². The highest BCUT2D eigenvalue weighted by atomic mass is 16.7. The molecule has 0 bridgehead atoms. The third kappa shape index (κ3) is 5.97. The summed E-state index contributed by atoms with van der Waals surface area (Å²) in [5.41, 5.74) is 2.76. The molecule has 0 amide bonds. The number of pyridine rings is 1. The Kier molecular flexibility index (Phi) is 8.73. The van der Waals surface area contributed by atoms with Crippen LogP contribution in [0.2, 0.25) is 0 Å². The van der Waals surface area contributed by atoms with Gasteiger partial charge in [-0.15, -0.1) is 0 Å². The SMILES string of the molecule is CCn1c(=O)n(CCCOC2CCCCO2)c(=O)c2c1nc(-c1ccc(OC3CCC3(C)C)nc1C)n2Cc1ccccc1. The monoisotopic (exact) mass is 601 g/mol. The van der Waals surface area contributed by atoms with Gasteiger partial charge < -0.3 is 18.8 Å². The first kappa shape index (κ1) is 30.3. The van der Waals surface area contributed by atoms with Crippen LogP contribution < -0.4 is 16.0 Å². The van der Waals surface area contributed by atoms with Crippen molar-refractivity contribution in [2.75, 3.05) is 13.2 Å². The van der Waals surface area contributed by atoms with Crippen LogP contribution in [0.5, 0.6) is 5.88 Å². The van der Waals surface area contributed by atoms with E-state index in [0.717, 1.165) is 48.9 Å². The summed E-state index contributed by atoms with van der Waals surface area (Å²) in [5.74, 6) is 1.18. The first-order valence-corrected chi connectivity index (χ1v) is 15.9. The maximum Gasteiger partial charge on any atom is 0.332 e. The molecule has 1 saturated carbocycles. The summed E-state index contributed by atoms with van der Waals surface area (Å²) in [6.07, 6.45) is 5.61. The lowest BCUT2D eigenvalue weighted by Gasteiger charge is -2.43. The van der Waals surface area contributed by atoms with Crippen LogP contribution in [0.4, 0.5) is 0 Å². The van der Waals surface area contributed by atoms with Gasteiger partial charge in [0.05, 0.1) is 12.3 Å². The summed E-state index contributed by atoms with van der Waals surface area (Å²) >= 11 is 0. The van der Waals surface area contributed by atoms with Crippen LogP contribution >= 0.6 is 0 Å². The van der Waals surface area contributed by atoms with Crippen molar-refractivity contribution in [1.29, 1.82) is 0 Å². The molecule has 10 heteroatoms. The van der Waals surface area contributed by atoms with Crippen molar-refractivity contribution in [2.45, 2.75) is 98.2 Å². The molecule has 44 heavy (non-hydrogen) atoms. The predicted octanol–water partition coefficient (Wildman–Crippen LogP) is 5.30. The Morgan fingerprint density at radius 3 is 2.48 bits per heavy atom. The van der Waals surface area contributed by atoms with E-state index in [0.29, 0.717) is 55.6 Å². The average molecular weight is 602 g/mol. The zero-order valence-corrected chi connectivity index (χ0v) is 26.3. The highest BCUT2D eigenvalue weighted by molar-refractivity contribution is 5.78. The number of rotatable bonds is 11. The maximum absolute atomic E-state index is 14.1. The number of nitrogens with zero attached hydrogens (tertiary/aromatic N) is 5. The quantitative estimate of drug-likeness (QED) is 0.215. The fourth-order valence-corrected chi connectivity index (χ4v) is 6.22. The van der Waals surface area contributed by atoms with Crippen molar-refractivity contribution in [1.82, 2.24) is 23.7 Å². The third-order valence-corrected chi connectivity index (χ3v) is 9.07. The van der Waals surface area contributed by atoms with Gasteiger partial charge in [-0.2, -0.15) is 0 Å². The molecule has 1 saturated heterocycles. The van der Waals surface area contributed by atoms with Gasteiger partial charge in [-0.25, -0.2) is 14.8 Å². The van der Waals surface area contributed by atoms with Crippen molar-refractivity contribution >= 4 is 11.2 Å². The zero-order chi connectivity index (χ0) is 30.8. The summed E-state index contributed by atoms with van der Waals surface area (Å²) in [5, 5.41) is 0. The van der Waals surface area contributed by atoms with Crippen LogP contribution in [0.1, 0.15) is 70.6 Å². The van der Waals surface area contributed by atoms with Crippen molar-refractivity contribution in [3.63, 3.8) is 0 Å². The van der Waals surface area contributed by atoms with Crippen LogP contribution in [-0.2, 0) is 29.1 Å². The number of imidazole rings is 1. The van der Waals surface area contributed by atoms with E-state index in [4.69, 9.17) is 24.2 Å². The van der Waals surface area contributed by atoms with Gasteiger partial charge in [0.1, 0.15) is 11.9 Å². The molecule has 2 aliphatic rings. The number of benzene rings is 1. The van der Waals surface area contributed by atoms with Gasteiger partial charge >= 0.3 is 5.69 Å². The second kappa shape index (κ2) is 12.7. The molecule has 0 N–H and O–H groups in total. The van der Waals surface area contributed by atoms with E-state index < -0.39 is 0 Å². The van der Waals surface area contributed by atoms with Crippen molar-refractivity contribution in [3.8, 4) is 17.3 Å². The van der Waals surface area contributed by atoms with Crippen molar-refractivity contribution in [3.05, 3.63) is 74.6 Å². The Balaban J connectivity index is 1.39. The summed E-state index contributed by atoms with van der Waals surface area (Å²) in [7, 11) is 0. The number of aromatic nitrogens is 5. The summed E-state index contributed by atoms with van der Waals surface area (Å²) in [4.78, 5) is 37.5. The zero-order valence-electron chi connectivity index (χ0n) is 26.3. The smallest absolute Gasteiger partial charge is 0.332 e. The van der Waals surface area contributed by atoms with Crippen LogP contribution in [0.25, 0.3) is 22.6 Å². The number of hydrogen-bond acceptors (Lipinski definition) is 7. The molecule has 6 rings (SSSR count). The van der Waals surface area contributed by atoms with E-state index in [9.17, 15) is 9.59 Å². The van der Waals surface area contributed by atoms with E-state index in [2.05, 4.69) is 13.8 Å². The molecule has 234 valence electrons. The normalized spacial score (nSPS) is 19.6. The van der Waals surface area contributed by atoms with E-state index in [1.807, 2.05) is 60.9 Å². The van der Waals surface area contributed by atoms with E-state index in [-0.39, 0.29) is 35.6 Å². The number of aryl methyl sites for hydroxylation is 2. The number of fused-ring (bicyclic) bond motifs is 1. The van der Waals surface area contributed by atoms with Crippen LogP contribution in [0, 0.1) is 12.3 Å². The molecule has 1 aliphatic heterocycles. The summed E-state index contributed by atoms with van der Waals surface area (Å²) < 4.78 is 22.6. The Labute approximate surface area is 257 Å². The first-order chi connectivity index (χ1) is 21.3. The van der Waals surface area contributed by atoms with E-state index in [1.165, 1.54) is 4.57 Å². The molecule has 3 aromatic heterocycles. The molecule has 0 spiro atoms. The minimum atomic E-state index is -0.364. The van der Waals surface area contributed by atoms with Gasteiger partial charge in [0.25, 0.3) is 5.56 Å². The molecule has 4 aromatic rings. The molecular formula is C34H43N5O5. The predicted molar refractivity (Wildman–Crippen MR) is 169 cm³/mol. The summed E-state index contributed by atoms with van der Waals surface area (Å²) in [6, 6.07) is 13.8. The van der Waals surface area contributed by atoms with Gasteiger partial charge in [0.15, 0.2) is 17.5 Å². The Bertz CT molecular complexity index is 1730. The third-order valence-electron chi connectivity index (χ3n) is 9.07.